The van der Waals surface area contributed by atoms with Gasteiger partial charge < -0.3 is 0 Å². The molecule has 23 heavy (non-hydrogen) atoms. The second-order valence-electron chi connectivity index (χ2n) is 6.05. The topological polar surface area (TPSA) is 66.8 Å². The number of alkyl halides is 2. The summed E-state index contributed by atoms with van der Waals surface area (Å²) in [5.41, 5.74) is -0.0173. The summed E-state index contributed by atoms with van der Waals surface area (Å²) in [6.07, 6.45) is 0. The quantitative estimate of drug-likeness (QED) is 0.758. The van der Waals surface area contributed by atoms with E-state index < -0.39 is 26.4 Å². The monoisotopic (exact) mass is 376 g/mol. The molecule has 2 rings (SSSR count). The maximum absolute atomic E-state index is 13.0. The van der Waals surface area contributed by atoms with Crippen LogP contribution in [0.3, 0.4) is 0 Å². The smallest absolute Gasteiger partial charge is 0.266 e. The van der Waals surface area contributed by atoms with Crippen LogP contribution in [0.25, 0.3) is 0 Å². The molecule has 1 aromatic rings. The number of aryl methyl sites for hydroxylation is 1. The Bertz CT molecular complexity index is 755. The molecule has 1 aromatic carbocycles. The van der Waals surface area contributed by atoms with E-state index in [2.05, 4.69) is 4.99 Å². The molecular weight excluding hydrogens is 359 g/mol. The molecule has 0 aliphatic carbocycles. The number of amidine groups is 1. The number of ketones is 1. The molecule has 0 fully saturated rings. The van der Waals surface area contributed by atoms with Gasteiger partial charge in [-0.2, -0.15) is 0 Å². The number of nitrogens with zero attached hydrogens (tertiary/aromatic N) is 2. The third-order valence-corrected chi connectivity index (χ3v) is 5.86. The van der Waals surface area contributed by atoms with Gasteiger partial charge in [0.1, 0.15) is 11.9 Å². The van der Waals surface area contributed by atoms with E-state index in [4.69, 9.17) is 23.2 Å². The maximum Gasteiger partial charge on any atom is 0.266 e. The molecule has 0 N–H and O–H groups in total. The molecule has 8 heteroatoms. The van der Waals surface area contributed by atoms with Gasteiger partial charge in [0.15, 0.2) is 10.6 Å². The van der Waals surface area contributed by atoms with Crippen LogP contribution in [0.2, 0.25) is 0 Å². The summed E-state index contributed by atoms with van der Waals surface area (Å²) in [5, 5.41) is 0. The van der Waals surface area contributed by atoms with Crippen molar-refractivity contribution in [3.8, 4) is 0 Å². The van der Waals surface area contributed by atoms with Gasteiger partial charge in [0, 0.05) is 0 Å². The highest BCUT2D eigenvalue weighted by molar-refractivity contribution is 7.89. The zero-order valence-electron chi connectivity index (χ0n) is 13.2. The summed E-state index contributed by atoms with van der Waals surface area (Å²) in [6, 6.07) is 5.37. The Labute approximate surface area is 146 Å². The Morgan fingerprint density at radius 2 is 1.78 bits per heavy atom. The molecular formula is C15H18Cl2N2O3S. The number of rotatable bonds is 4. The molecule has 1 aliphatic rings. The van der Waals surface area contributed by atoms with Crippen molar-refractivity contribution in [2.75, 3.05) is 0 Å². The number of carbonyl (C=O) groups excluding carboxylic acids is 1. The SMILES string of the molecule is CC(=O)[C@@H]1N(S(=O)(=O)c2ccc(C)cc2)C(C(Cl)Cl)=NC1(C)C. The van der Waals surface area contributed by atoms with Crippen LogP contribution in [0, 0.1) is 6.92 Å². The summed E-state index contributed by atoms with van der Waals surface area (Å²) in [6.45, 7) is 6.55. The minimum absolute atomic E-state index is 0.0286. The van der Waals surface area contributed by atoms with Crippen LogP contribution in [0.15, 0.2) is 34.2 Å². The molecule has 0 saturated heterocycles. The summed E-state index contributed by atoms with van der Waals surface area (Å²) in [4.78, 5) is 15.3. The maximum atomic E-state index is 13.0. The van der Waals surface area contributed by atoms with Gasteiger partial charge >= 0.3 is 0 Å². The molecule has 0 bridgehead atoms. The van der Waals surface area contributed by atoms with Gasteiger partial charge in [-0.15, -0.1) is 0 Å². The molecule has 1 atom stereocenters. The lowest BCUT2D eigenvalue weighted by Crippen LogP contribution is -2.52. The highest BCUT2D eigenvalue weighted by atomic mass is 35.5. The molecule has 0 spiro atoms. The number of carbonyl (C=O) groups is 1. The van der Waals surface area contributed by atoms with Crippen molar-refractivity contribution in [2.45, 2.75) is 49.0 Å². The Morgan fingerprint density at radius 3 is 2.22 bits per heavy atom. The molecule has 0 saturated carbocycles. The second-order valence-corrected chi connectivity index (χ2v) is 8.96. The number of benzene rings is 1. The van der Waals surface area contributed by atoms with Crippen molar-refractivity contribution in [2.24, 2.45) is 4.99 Å². The average Bonchev–Trinajstić information content (AvgIpc) is 2.72. The lowest BCUT2D eigenvalue weighted by molar-refractivity contribution is -0.120. The molecule has 5 nitrogen and oxygen atoms in total. The number of Topliss-reactive ketones (excluding diaryl/α,β-unsaturated/α-hetero) is 1. The summed E-state index contributed by atoms with van der Waals surface area (Å²) in [5.74, 6) is -0.350. The van der Waals surface area contributed by atoms with E-state index >= 15 is 0 Å². The van der Waals surface area contributed by atoms with Crippen LogP contribution in [-0.4, -0.2) is 40.8 Å². The van der Waals surface area contributed by atoms with Crippen molar-refractivity contribution in [1.82, 2.24) is 4.31 Å². The van der Waals surface area contributed by atoms with Gasteiger partial charge in [0.2, 0.25) is 0 Å². The lowest BCUT2D eigenvalue weighted by atomic mass is 9.94. The van der Waals surface area contributed by atoms with Gasteiger partial charge in [0.05, 0.1) is 10.4 Å². The molecule has 1 aliphatic heterocycles. The fourth-order valence-electron chi connectivity index (χ4n) is 2.72. The fourth-order valence-corrected chi connectivity index (χ4v) is 4.93. The van der Waals surface area contributed by atoms with Crippen molar-refractivity contribution in [3.05, 3.63) is 29.8 Å². The minimum Gasteiger partial charge on any atom is -0.298 e. The number of hydrogen-bond acceptors (Lipinski definition) is 4. The summed E-state index contributed by atoms with van der Waals surface area (Å²) < 4.78 is 27.0. The van der Waals surface area contributed by atoms with E-state index in [0.29, 0.717) is 0 Å². The number of aliphatic imine (C=N–C) groups is 1. The van der Waals surface area contributed by atoms with Gasteiger partial charge in [0.25, 0.3) is 10.0 Å². The van der Waals surface area contributed by atoms with Gasteiger partial charge in [-0.1, -0.05) is 40.9 Å². The predicted octanol–water partition coefficient (Wildman–Crippen LogP) is 2.94. The fraction of sp³-hybridized carbons (Fsp3) is 0.467. The number of halogens is 2. The van der Waals surface area contributed by atoms with Crippen LogP contribution in [0.4, 0.5) is 0 Å². The number of hydrogen-bond donors (Lipinski definition) is 0. The second kappa shape index (κ2) is 6.07. The van der Waals surface area contributed by atoms with E-state index in [0.717, 1.165) is 9.87 Å². The van der Waals surface area contributed by atoms with Crippen LogP contribution < -0.4 is 0 Å². The molecule has 0 radical (unpaired) electrons. The highest BCUT2D eigenvalue weighted by Gasteiger charge is 2.51. The average molecular weight is 377 g/mol. The van der Waals surface area contributed by atoms with Crippen molar-refractivity contribution >= 4 is 44.8 Å². The molecule has 0 unspecified atom stereocenters. The van der Waals surface area contributed by atoms with Crippen molar-refractivity contribution < 1.29 is 13.2 Å². The Morgan fingerprint density at radius 1 is 1.26 bits per heavy atom. The Balaban J connectivity index is 2.63. The normalized spacial score (nSPS) is 20.7. The standard InChI is InChI=1S/C15H18Cl2N2O3S/c1-9-5-7-11(8-6-9)23(21,22)19-12(10(2)20)15(3,4)18-14(19)13(16)17/h5-8,12-13H,1-4H3/t12-/m0/s1. The first-order chi connectivity index (χ1) is 10.5. The zero-order chi connectivity index (χ0) is 17.6. The van der Waals surface area contributed by atoms with E-state index in [1.165, 1.54) is 19.1 Å². The first-order valence-corrected chi connectivity index (χ1v) is 9.29. The third kappa shape index (κ3) is 3.25. The molecule has 126 valence electrons. The molecule has 0 amide bonds. The first-order valence-electron chi connectivity index (χ1n) is 6.98. The summed E-state index contributed by atoms with van der Waals surface area (Å²) in [7, 11) is -4.00. The molecule has 1 heterocycles. The van der Waals surface area contributed by atoms with Crippen LogP contribution >= 0.6 is 23.2 Å². The highest BCUT2D eigenvalue weighted by Crippen LogP contribution is 2.36. The minimum atomic E-state index is -4.00. The van der Waals surface area contributed by atoms with Gasteiger partial charge in [-0.3, -0.25) is 9.79 Å². The van der Waals surface area contributed by atoms with Crippen molar-refractivity contribution in [1.29, 1.82) is 0 Å². The van der Waals surface area contributed by atoms with Crippen LogP contribution in [0.5, 0.6) is 0 Å². The Hall–Kier alpha value is -1.11. The Kier molecular flexibility index (Phi) is 4.81. The molecule has 0 aromatic heterocycles. The lowest BCUT2D eigenvalue weighted by Gasteiger charge is -2.31. The van der Waals surface area contributed by atoms with E-state index in [1.807, 2.05) is 6.92 Å². The first kappa shape index (κ1) is 18.2. The third-order valence-electron chi connectivity index (χ3n) is 3.69. The van der Waals surface area contributed by atoms with E-state index in [1.54, 1.807) is 26.0 Å². The van der Waals surface area contributed by atoms with Crippen LogP contribution in [-0.2, 0) is 14.8 Å². The van der Waals surface area contributed by atoms with Crippen LogP contribution in [0.1, 0.15) is 26.3 Å². The summed E-state index contributed by atoms with van der Waals surface area (Å²) >= 11 is 11.8. The van der Waals surface area contributed by atoms with E-state index in [9.17, 15) is 13.2 Å². The van der Waals surface area contributed by atoms with Gasteiger partial charge in [-0.25, -0.2) is 12.7 Å². The number of sulfonamides is 1. The van der Waals surface area contributed by atoms with E-state index in [-0.39, 0.29) is 16.5 Å². The predicted molar refractivity (Wildman–Crippen MR) is 91.7 cm³/mol. The largest absolute Gasteiger partial charge is 0.298 e. The zero-order valence-corrected chi connectivity index (χ0v) is 15.6. The van der Waals surface area contributed by atoms with Crippen molar-refractivity contribution in [3.63, 3.8) is 0 Å². The van der Waals surface area contributed by atoms with Gasteiger partial charge in [-0.05, 0) is 39.8 Å².